The number of carbonyl (C=O) groups excluding carboxylic acids is 1. The Morgan fingerprint density at radius 3 is 2.62 bits per heavy atom. The van der Waals surface area contributed by atoms with Gasteiger partial charge in [0.25, 0.3) is 5.91 Å². The van der Waals surface area contributed by atoms with Crippen molar-refractivity contribution in [3.05, 3.63) is 72.2 Å². The molecule has 0 atom stereocenters. The average molecular weight is 279 g/mol. The van der Waals surface area contributed by atoms with Gasteiger partial charge in [0.1, 0.15) is 0 Å². The van der Waals surface area contributed by atoms with Gasteiger partial charge in [-0.3, -0.25) is 9.78 Å². The fourth-order valence-corrected chi connectivity index (χ4v) is 1.90. The minimum atomic E-state index is -0.261. The fourth-order valence-electron chi connectivity index (χ4n) is 1.90. The van der Waals surface area contributed by atoms with Crippen LogP contribution in [-0.4, -0.2) is 16.0 Å². The summed E-state index contributed by atoms with van der Waals surface area (Å²) in [7, 11) is 0. The third-order valence-electron chi connectivity index (χ3n) is 3.00. The van der Waals surface area contributed by atoms with Gasteiger partial charge in [0.15, 0.2) is 11.5 Å². The number of rotatable bonds is 4. The van der Waals surface area contributed by atoms with E-state index in [0.29, 0.717) is 12.3 Å². The van der Waals surface area contributed by atoms with Crippen molar-refractivity contribution in [1.29, 1.82) is 0 Å². The summed E-state index contributed by atoms with van der Waals surface area (Å²) in [4.78, 5) is 16.0. The van der Waals surface area contributed by atoms with Gasteiger partial charge < -0.3 is 9.84 Å². The van der Waals surface area contributed by atoms with E-state index in [0.717, 1.165) is 11.1 Å². The SMILES string of the molecule is O=C(NCc1ccccc1)c1cc(-c2ccncc2)on1. The van der Waals surface area contributed by atoms with E-state index >= 15 is 0 Å². The highest BCUT2D eigenvalue weighted by molar-refractivity contribution is 5.93. The molecule has 1 amide bonds. The Kier molecular flexibility index (Phi) is 3.73. The molecular weight excluding hydrogens is 266 g/mol. The van der Waals surface area contributed by atoms with Gasteiger partial charge in [-0.25, -0.2) is 0 Å². The van der Waals surface area contributed by atoms with Gasteiger partial charge >= 0.3 is 0 Å². The molecule has 21 heavy (non-hydrogen) atoms. The van der Waals surface area contributed by atoms with E-state index in [4.69, 9.17) is 4.52 Å². The second-order valence-corrected chi connectivity index (χ2v) is 4.48. The van der Waals surface area contributed by atoms with Crippen LogP contribution in [-0.2, 0) is 6.54 Å². The molecule has 3 aromatic rings. The maximum Gasteiger partial charge on any atom is 0.273 e. The molecule has 2 heterocycles. The van der Waals surface area contributed by atoms with Crippen LogP contribution in [0.2, 0.25) is 0 Å². The van der Waals surface area contributed by atoms with E-state index in [1.807, 2.05) is 30.3 Å². The van der Waals surface area contributed by atoms with Crippen LogP contribution in [0.5, 0.6) is 0 Å². The lowest BCUT2D eigenvalue weighted by molar-refractivity contribution is 0.0942. The van der Waals surface area contributed by atoms with E-state index in [1.54, 1.807) is 30.6 Å². The van der Waals surface area contributed by atoms with Gasteiger partial charge in [-0.1, -0.05) is 35.5 Å². The zero-order chi connectivity index (χ0) is 14.5. The van der Waals surface area contributed by atoms with Crippen LogP contribution in [0.1, 0.15) is 16.1 Å². The maximum absolute atomic E-state index is 12.0. The number of nitrogens with zero attached hydrogens (tertiary/aromatic N) is 2. The second kappa shape index (κ2) is 6.00. The van der Waals surface area contributed by atoms with E-state index in [2.05, 4.69) is 15.5 Å². The standard InChI is InChI=1S/C16H13N3O2/c20-16(18-11-12-4-2-1-3-5-12)14-10-15(21-19-14)13-6-8-17-9-7-13/h1-10H,11H2,(H,18,20). The highest BCUT2D eigenvalue weighted by atomic mass is 16.5. The largest absolute Gasteiger partial charge is 0.355 e. The zero-order valence-electron chi connectivity index (χ0n) is 11.2. The molecule has 1 N–H and O–H groups in total. The predicted molar refractivity (Wildman–Crippen MR) is 77.3 cm³/mol. The molecular formula is C16H13N3O2. The zero-order valence-corrected chi connectivity index (χ0v) is 11.2. The third-order valence-corrected chi connectivity index (χ3v) is 3.00. The molecule has 3 rings (SSSR count). The summed E-state index contributed by atoms with van der Waals surface area (Å²) in [5.74, 6) is 0.283. The smallest absolute Gasteiger partial charge is 0.273 e. The molecule has 5 nitrogen and oxygen atoms in total. The van der Waals surface area contributed by atoms with Gasteiger partial charge in [0.05, 0.1) is 0 Å². The molecule has 0 bridgehead atoms. The van der Waals surface area contributed by atoms with E-state index in [-0.39, 0.29) is 11.6 Å². The first-order valence-corrected chi connectivity index (χ1v) is 6.52. The van der Waals surface area contributed by atoms with Gasteiger partial charge in [-0.05, 0) is 17.7 Å². The Labute approximate surface area is 121 Å². The average Bonchev–Trinajstić information content (AvgIpc) is 3.04. The normalized spacial score (nSPS) is 10.3. The lowest BCUT2D eigenvalue weighted by atomic mass is 10.2. The van der Waals surface area contributed by atoms with E-state index in [9.17, 15) is 4.79 Å². The van der Waals surface area contributed by atoms with Crippen LogP contribution >= 0.6 is 0 Å². The van der Waals surface area contributed by atoms with Crippen molar-refractivity contribution in [3.8, 4) is 11.3 Å². The van der Waals surface area contributed by atoms with Crippen molar-refractivity contribution in [2.75, 3.05) is 0 Å². The highest BCUT2D eigenvalue weighted by Gasteiger charge is 2.13. The summed E-state index contributed by atoms with van der Waals surface area (Å²) in [6.45, 7) is 0.455. The maximum atomic E-state index is 12.0. The van der Waals surface area contributed by atoms with Crippen molar-refractivity contribution in [2.45, 2.75) is 6.54 Å². The van der Waals surface area contributed by atoms with Crippen LogP contribution in [0.25, 0.3) is 11.3 Å². The Balaban J connectivity index is 1.67. The van der Waals surface area contributed by atoms with Gasteiger partial charge in [-0.15, -0.1) is 0 Å². The summed E-state index contributed by atoms with van der Waals surface area (Å²) < 4.78 is 5.19. The number of pyridine rings is 1. The molecule has 0 aliphatic heterocycles. The predicted octanol–water partition coefficient (Wildman–Crippen LogP) is 2.67. The minimum Gasteiger partial charge on any atom is -0.355 e. The van der Waals surface area contributed by atoms with Crippen molar-refractivity contribution >= 4 is 5.91 Å². The van der Waals surface area contributed by atoms with Crippen molar-refractivity contribution in [1.82, 2.24) is 15.5 Å². The number of amides is 1. The second-order valence-electron chi connectivity index (χ2n) is 4.48. The van der Waals surface area contributed by atoms with E-state index in [1.165, 1.54) is 0 Å². The Morgan fingerprint density at radius 1 is 1.10 bits per heavy atom. The molecule has 0 spiro atoms. The lowest BCUT2D eigenvalue weighted by Crippen LogP contribution is -2.22. The molecule has 0 radical (unpaired) electrons. The first-order valence-electron chi connectivity index (χ1n) is 6.52. The molecule has 104 valence electrons. The third kappa shape index (κ3) is 3.14. The van der Waals surface area contributed by atoms with Crippen molar-refractivity contribution in [3.63, 3.8) is 0 Å². The molecule has 0 saturated carbocycles. The Bertz CT molecular complexity index is 724. The van der Waals surface area contributed by atoms with Gasteiger partial charge in [0.2, 0.25) is 0 Å². The Morgan fingerprint density at radius 2 is 1.86 bits per heavy atom. The highest BCUT2D eigenvalue weighted by Crippen LogP contribution is 2.19. The number of benzene rings is 1. The molecule has 0 fully saturated rings. The minimum absolute atomic E-state index is 0.261. The first kappa shape index (κ1) is 13.1. The first-order chi connectivity index (χ1) is 10.3. The molecule has 2 aromatic heterocycles. The van der Waals surface area contributed by atoms with Gasteiger partial charge in [-0.2, -0.15) is 0 Å². The number of hydrogen-bond donors (Lipinski definition) is 1. The summed E-state index contributed by atoms with van der Waals surface area (Å²) in [6.07, 6.45) is 3.32. The number of aromatic nitrogens is 2. The molecule has 0 saturated heterocycles. The molecule has 1 aromatic carbocycles. The van der Waals surface area contributed by atoms with Crippen LogP contribution < -0.4 is 5.32 Å². The van der Waals surface area contributed by atoms with Crippen LogP contribution in [0.3, 0.4) is 0 Å². The van der Waals surface area contributed by atoms with Crippen LogP contribution in [0.15, 0.2) is 65.4 Å². The molecule has 0 aliphatic rings. The lowest BCUT2D eigenvalue weighted by Gasteiger charge is -2.02. The topological polar surface area (TPSA) is 68.0 Å². The summed E-state index contributed by atoms with van der Waals surface area (Å²) in [6, 6.07) is 14.9. The number of carbonyl (C=O) groups is 1. The molecule has 0 aliphatic carbocycles. The van der Waals surface area contributed by atoms with Crippen molar-refractivity contribution in [2.24, 2.45) is 0 Å². The van der Waals surface area contributed by atoms with Crippen LogP contribution in [0, 0.1) is 0 Å². The van der Waals surface area contributed by atoms with E-state index < -0.39 is 0 Å². The number of hydrogen-bond acceptors (Lipinski definition) is 4. The molecule has 0 unspecified atom stereocenters. The van der Waals surface area contributed by atoms with Gasteiger partial charge in [0, 0.05) is 30.6 Å². The van der Waals surface area contributed by atoms with Crippen molar-refractivity contribution < 1.29 is 9.32 Å². The summed E-state index contributed by atoms with van der Waals surface area (Å²) >= 11 is 0. The number of nitrogens with one attached hydrogen (secondary N) is 1. The fraction of sp³-hybridized carbons (Fsp3) is 0.0625. The quantitative estimate of drug-likeness (QED) is 0.797. The van der Waals surface area contributed by atoms with Crippen LogP contribution in [0.4, 0.5) is 0 Å². The Hall–Kier alpha value is -2.95. The summed E-state index contributed by atoms with van der Waals surface area (Å²) in [5, 5.41) is 6.60. The molecule has 5 heteroatoms. The summed E-state index contributed by atoms with van der Waals surface area (Å²) in [5.41, 5.74) is 2.13. The monoisotopic (exact) mass is 279 g/mol.